The average Bonchev–Trinajstić information content (AvgIpc) is 3.32. The molecule has 1 aromatic heterocycles. The Morgan fingerprint density at radius 2 is 1.85 bits per heavy atom. The molecule has 0 saturated heterocycles. The summed E-state index contributed by atoms with van der Waals surface area (Å²) in [7, 11) is -4.34. The number of nitrogens with zero attached hydrogens (tertiary/aromatic N) is 2. The van der Waals surface area contributed by atoms with Gasteiger partial charge in [-0.3, -0.25) is 14.4 Å². The fourth-order valence-electron chi connectivity index (χ4n) is 3.73. The highest BCUT2D eigenvalue weighted by Crippen LogP contribution is 2.39. The van der Waals surface area contributed by atoms with Gasteiger partial charge in [0, 0.05) is 5.69 Å². The molecule has 2 amide bonds. The average molecular weight is 600 g/mol. The smallest absolute Gasteiger partial charge is 0.427 e. The predicted octanol–water partition coefficient (Wildman–Crippen LogP) is 4.13. The Kier molecular flexibility index (Phi) is 7.89. The van der Waals surface area contributed by atoms with Gasteiger partial charge in [0.15, 0.2) is 0 Å². The molecule has 0 bridgehead atoms. The largest absolute Gasteiger partial charge is 0.484 e. The van der Waals surface area contributed by atoms with E-state index in [4.69, 9.17) is 4.74 Å². The number of nitrogens with one attached hydrogen (secondary N) is 3. The van der Waals surface area contributed by atoms with Crippen LogP contribution in [0.25, 0.3) is 0 Å². The van der Waals surface area contributed by atoms with Crippen LogP contribution in [0.5, 0.6) is 5.75 Å². The quantitative estimate of drug-likeness (QED) is 0.347. The third kappa shape index (κ3) is 6.53. The molecule has 0 spiro atoms. The lowest BCUT2D eigenvalue weighted by molar-refractivity contribution is -0.242. The summed E-state index contributed by atoms with van der Waals surface area (Å²) in [6, 6.07) is 7.83. The van der Waals surface area contributed by atoms with Gasteiger partial charge in [0.25, 0.3) is 15.9 Å². The van der Waals surface area contributed by atoms with E-state index < -0.39 is 45.7 Å². The number of aryl methyl sites for hydroxylation is 1. The Balaban J connectivity index is 1.61. The topological polar surface area (TPSA) is 143 Å². The maximum atomic E-state index is 13.6. The molecule has 4 rings (SSSR count). The van der Waals surface area contributed by atoms with Crippen LogP contribution in [-0.4, -0.2) is 61.4 Å². The van der Waals surface area contributed by atoms with Gasteiger partial charge in [-0.15, -0.1) is 0 Å². The second-order valence-corrected chi connectivity index (χ2v) is 11.4. The molecule has 0 radical (unpaired) electrons. The number of halogens is 4. The minimum absolute atomic E-state index is 0.0353. The number of fused-ring (bicyclic) bond motifs is 1. The molecule has 16 heteroatoms. The first-order chi connectivity index (χ1) is 19.1. The number of carbonyl (C=O) groups is 2. The highest BCUT2D eigenvalue weighted by atomic mass is 32.2. The van der Waals surface area contributed by atoms with E-state index >= 15 is 0 Å². The van der Waals surface area contributed by atoms with Crippen LogP contribution in [0.3, 0.4) is 0 Å². The number of aromatic amines is 1. The number of hydrogen-bond donors (Lipinski definition) is 3. The van der Waals surface area contributed by atoms with Crippen molar-refractivity contribution in [1.29, 1.82) is 0 Å². The summed E-state index contributed by atoms with van der Waals surface area (Å²) in [4.78, 5) is 31.1. The molecule has 1 aliphatic rings. The van der Waals surface area contributed by atoms with Crippen LogP contribution in [0.4, 0.5) is 33.7 Å². The van der Waals surface area contributed by atoms with E-state index in [1.165, 1.54) is 24.4 Å². The van der Waals surface area contributed by atoms with E-state index in [1.54, 1.807) is 6.92 Å². The van der Waals surface area contributed by atoms with Gasteiger partial charge in [-0.25, -0.2) is 22.6 Å². The van der Waals surface area contributed by atoms with Crippen LogP contribution in [0.2, 0.25) is 0 Å². The molecular weight excluding hydrogens is 574 g/mol. The van der Waals surface area contributed by atoms with Crippen molar-refractivity contribution in [3.05, 3.63) is 66.0 Å². The van der Waals surface area contributed by atoms with Gasteiger partial charge in [-0.2, -0.15) is 13.2 Å². The molecule has 2 heterocycles. The van der Waals surface area contributed by atoms with Crippen LogP contribution in [0, 0.1) is 12.7 Å². The van der Waals surface area contributed by atoms with E-state index in [9.17, 15) is 35.6 Å². The minimum Gasteiger partial charge on any atom is -0.484 e. The third-order valence-corrected chi connectivity index (χ3v) is 7.80. The maximum absolute atomic E-state index is 13.6. The Labute approximate surface area is 231 Å². The number of sulfonamides is 1. The summed E-state index contributed by atoms with van der Waals surface area (Å²) >= 11 is 0. The van der Waals surface area contributed by atoms with Gasteiger partial charge in [0.1, 0.15) is 29.2 Å². The number of H-pyrrole nitrogens is 1. The van der Waals surface area contributed by atoms with Crippen molar-refractivity contribution in [3.8, 4) is 5.75 Å². The van der Waals surface area contributed by atoms with Crippen LogP contribution in [0.15, 0.2) is 53.6 Å². The van der Waals surface area contributed by atoms with Gasteiger partial charge in [0.2, 0.25) is 5.60 Å². The fourth-order valence-corrected chi connectivity index (χ4v) is 5.23. The zero-order valence-electron chi connectivity index (χ0n) is 21.9. The molecule has 1 aliphatic heterocycles. The lowest BCUT2D eigenvalue weighted by Gasteiger charge is -2.36. The summed E-state index contributed by atoms with van der Waals surface area (Å²) in [6.45, 7) is 2.58. The second kappa shape index (κ2) is 10.9. The van der Waals surface area contributed by atoms with E-state index in [2.05, 4.69) is 25.3 Å². The lowest BCUT2D eigenvalue weighted by atomic mass is 10.1. The monoisotopic (exact) mass is 599 g/mol. The van der Waals surface area contributed by atoms with Crippen LogP contribution < -0.4 is 19.7 Å². The van der Waals surface area contributed by atoms with Crippen LogP contribution >= 0.6 is 0 Å². The van der Waals surface area contributed by atoms with Gasteiger partial charge >= 0.3 is 12.3 Å². The Morgan fingerprint density at radius 1 is 1.17 bits per heavy atom. The van der Waals surface area contributed by atoms with Crippen molar-refractivity contribution in [1.82, 2.24) is 15.3 Å². The molecule has 2 aromatic carbocycles. The third-order valence-electron chi connectivity index (χ3n) is 6.01. The molecule has 1 atom stereocenters. The number of hydrogen-bond acceptors (Lipinski definition) is 7. The molecule has 0 saturated carbocycles. The van der Waals surface area contributed by atoms with Crippen molar-refractivity contribution in [2.24, 2.45) is 0 Å². The molecular formula is C25H25F4N5O6S. The van der Waals surface area contributed by atoms with Gasteiger partial charge in [-0.1, -0.05) is 0 Å². The zero-order valence-corrected chi connectivity index (χ0v) is 22.7. The van der Waals surface area contributed by atoms with Crippen LogP contribution in [-0.2, 0) is 14.8 Å². The highest BCUT2D eigenvalue weighted by molar-refractivity contribution is 7.92. The Hall–Kier alpha value is -4.34. The van der Waals surface area contributed by atoms with Crippen molar-refractivity contribution >= 4 is 33.4 Å². The number of amides is 2. The van der Waals surface area contributed by atoms with Gasteiger partial charge < -0.3 is 19.8 Å². The first kappa shape index (κ1) is 29.6. The SMILES string of the molecule is Cc1ncc(C(=O)NCC2CN(S(=O)(=O)c3ccc(F)cc3)c3cc(NC(=O)OC(C)(C)C(F)(F)F)ccc3O2)[nH]1. The molecule has 0 fully saturated rings. The number of imidazole rings is 1. The first-order valence-corrected chi connectivity index (χ1v) is 13.5. The number of rotatable bonds is 7. The predicted molar refractivity (Wildman–Crippen MR) is 138 cm³/mol. The highest BCUT2D eigenvalue weighted by Gasteiger charge is 2.51. The molecule has 41 heavy (non-hydrogen) atoms. The number of ether oxygens (including phenoxy) is 2. The molecule has 3 aromatic rings. The Bertz CT molecular complexity index is 1560. The standard InChI is InChI=1S/C25H25F4N5O6S/c1-14-30-12-19(32-14)22(35)31-11-17-13-34(41(37,38)18-7-4-15(26)5-8-18)20-10-16(6-9-21(20)39-17)33-23(36)40-24(2,3)25(27,28)29/h4-10,12,17H,11,13H2,1-3H3,(H,30,32)(H,31,35)(H,33,36). The van der Waals surface area contributed by atoms with E-state index in [1.807, 2.05) is 0 Å². The van der Waals surface area contributed by atoms with Crippen molar-refractivity contribution in [2.45, 2.75) is 43.5 Å². The minimum atomic E-state index is -4.84. The molecule has 220 valence electrons. The van der Waals surface area contributed by atoms with E-state index in [0.29, 0.717) is 19.7 Å². The lowest BCUT2D eigenvalue weighted by Crippen LogP contribution is -2.48. The summed E-state index contributed by atoms with van der Waals surface area (Å²) in [5.41, 5.74) is -2.76. The molecule has 1 unspecified atom stereocenters. The van der Waals surface area contributed by atoms with Gasteiger partial charge in [-0.05, 0) is 63.2 Å². The molecule has 0 aliphatic carbocycles. The summed E-state index contributed by atoms with van der Waals surface area (Å²) in [5, 5.41) is 4.79. The maximum Gasteiger partial charge on any atom is 0.427 e. The summed E-state index contributed by atoms with van der Waals surface area (Å²) < 4.78 is 91.4. The summed E-state index contributed by atoms with van der Waals surface area (Å²) in [6.07, 6.45) is -5.81. The number of benzene rings is 2. The van der Waals surface area contributed by atoms with Crippen LogP contribution in [0.1, 0.15) is 30.2 Å². The zero-order chi connectivity index (χ0) is 30.2. The number of carbonyl (C=O) groups excluding carboxylic acids is 2. The van der Waals surface area contributed by atoms with E-state index in [0.717, 1.165) is 28.6 Å². The van der Waals surface area contributed by atoms with E-state index in [-0.39, 0.29) is 40.8 Å². The van der Waals surface area contributed by atoms with Crippen molar-refractivity contribution in [3.63, 3.8) is 0 Å². The Morgan fingerprint density at radius 3 is 2.46 bits per heavy atom. The van der Waals surface area contributed by atoms with Crippen molar-refractivity contribution < 1.29 is 45.0 Å². The fraction of sp³-hybridized carbons (Fsp3) is 0.320. The molecule has 11 nitrogen and oxygen atoms in total. The summed E-state index contributed by atoms with van der Waals surface area (Å²) in [5.74, 6) is -0.613. The van der Waals surface area contributed by atoms with Gasteiger partial charge in [0.05, 0.1) is 29.9 Å². The number of anilines is 2. The van der Waals surface area contributed by atoms with Crippen molar-refractivity contribution in [2.75, 3.05) is 22.7 Å². The normalized spacial score (nSPS) is 15.5. The number of alkyl halides is 3. The molecule has 3 N–H and O–H groups in total. The second-order valence-electron chi connectivity index (χ2n) is 9.53. The number of aromatic nitrogens is 2. The first-order valence-electron chi connectivity index (χ1n) is 12.0.